The van der Waals surface area contributed by atoms with Crippen LogP contribution in [-0.4, -0.2) is 18.8 Å². The molecule has 1 N–H and O–H groups in total. The third kappa shape index (κ3) is 3.11. The fourth-order valence-corrected chi connectivity index (χ4v) is 2.13. The van der Waals surface area contributed by atoms with Gasteiger partial charge in [-0.3, -0.25) is 0 Å². The van der Waals surface area contributed by atoms with Crippen molar-refractivity contribution in [3.8, 4) is 11.5 Å². The highest BCUT2D eigenvalue weighted by Gasteiger charge is 2.16. The number of methoxy groups -OCH3 is 1. The molecule has 0 saturated heterocycles. The van der Waals surface area contributed by atoms with Crippen molar-refractivity contribution >= 4 is 0 Å². The van der Waals surface area contributed by atoms with E-state index in [1.807, 2.05) is 56.3 Å². The predicted molar refractivity (Wildman–Crippen MR) is 79.4 cm³/mol. The van der Waals surface area contributed by atoms with E-state index in [1.165, 1.54) is 0 Å². The van der Waals surface area contributed by atoms with Crippen LogP contribution < -0.4 is 9.47 Å². The standard InChI is InChI=1S/C17H20O3/c1-4-20-16-10-5-12(2)11-15(16)17(18)13-6-8-14(19-3)9-7-13/h5-11,17-18H,4H2,1-3H3. The van der Waals surface area contributed by atoms with Gasteiger partial charge in [-0.1, -0.05) is 23.8 Å². The third-order valence-electron chi connectivity index (χ3n) is 3.19. The van der Waals surface area contributed by atoms with Crippen molar-refractivity contribution in [1.29, 1.82) is 0 Å². The first-order valence-electron chi connectivity index (χ1n) is 6.71. The topological polar surface area (TPSA) is 38.7 Å². The van der Waals surface area contributed by atoms with Crippen LogP contribution in [0.3, 0.4) is 0 Å². The highest BCUT2D eigenvalue weighted by molar-refractivity contribution is 5.43. The zero-order valence-electron chi connectivity index (χ0n) is 12.1. The minimum absolute atomic E-state index is 0.575. The van der Waals surface area contributed by atoms with Gasteiger partial charge in [0.1, 0.15) is 17.6 Å². The first-order valence-corrected chi connectivity index (χ1v) is 6.71. The summed E-state index contributed by atoms with van der Waals surface area (Å²) in [6.07, 6.45) is -0.706. The highest BCUT2D eigenvalue weighted by Crippen LogP contribution is 2.31. The summed E-state index contributed by atoms with van der Waals surface area (Å²) >= 11 is 0. The fourth-order valence-electron chi connectivity index (χ4n) is 2.13. The molecule has 0 heterocycles. The number of aryl methyl sites for hydroxylation is 1. The Balaban J connectivity index is 2.35. The van der Waals surface area contributed by atoms with Crippen LogP contribution in [-0.2, 0) is 0 Å². The van der Waals surface area contributed by atoms with E-state index in [0.717, 1.165) is 28.2 Å². The summed E-state index contributed by atoms with van der Waals surface area (Å²) in [5.74, 6) is 1.50. The zero-order chi connectivity index (χ0) is 14.5. The van der Waals surface area contributed by atoms with Crippen LogP contribution in [0.2, 0.25) is 0 Å². The minimum atomic E-state index is -0.706. The summed E-state index contributed by atoms with van der Waals surface area (Å²) in [6.45, 7) is 4.51. The van der Waals surface area contributed by atoms with Gasteiger partial charge in [-0.25, -0.2) is 0 Å². The quantitative estimate of drug-likeness (QED) is 0.905. The second kappa shape index (κ2) is 6.44. The van der Waals surface area contributed by atoms with Crippen LogP contribution in [0, 0.1) is 6.92 Å². The second-order valence-corrected chi connectivity index (χ2v) is 4.65. The van der Waals surface area contributed by atoms with E-state index < -0.39 is 6.10 Å². The van der Waals surface area contributed by atoms with Crippen molar-refractivity contribution in [1.82, 2.24) is 0 Å². The molecule has 3 heteroatoms. The molecule has 1 unspecified atom stereocenters. The molecule has 20 heavy (non-hydrogen) atoms. The van der Waals surface area contributed by atoms with E-state index in [0.29, 0.717) is 6.61 Å². The van der Waals surface area contributed by atoms with E-state index in [1.54, 1.807) is 7.11 Å². The molecule has 0 bridgehead atoms. The minimum Gasteiger partial charge on any atom is -0.497 e. The molecule has 0 aromatic heterocycles. The van der Waals surface area contributed by atoms with Gasteiger partial charge in [-0.2, -0.15) is 0 Å². The molecule has 0 spiro atoms. The molecule has 2 rings (SSSR count). The highest BCUT2D eigenvalue weighted by atomic mass is 16.5. The van der Waals surface area contributed by atoms with Gasteiger partial charge < -0.3 is 14.6 Å². The van der Waals surface area contributed by atoms with Gasteiger partial charge in [-0.05, 0) is 43.7 Å². The summed E-state index contributed by atoms with van der Waals surface area (Å²) in [5, 5.41) is 10.6. The number of benzene rings is 2. The maximum Gasteiger partial charge on any atom is 0.125 e. The monoisotopic (exact) mass is 272 g/mol. The lowest BCUT2D eigenvalue weighted by atomic mass is 9.99. The molecular weight excluding hydrogens is 252 g/mol. The molecule has 0 amide bonds. The maximum atomic E-state index is 10.6. The van der Waals surface area contributed by atoms with E-state index in [-0.39, 0.29) is 0 Å². The summed E-state index contributed by atoms with van der Waals surface area (Å²) < 4.78 is 10.7. The summed E-state index contributed by atoms with van der Waals surface area (Å²) in [5.41, 5.74) is 2.70. The van der Waals surface area contributed by atoms with Crippen molar-refractivity contribution in [2.45, 2.75) is 20.0 Å². The molecule has 2 aromatic rings. The van der Waals surface area contributed by atoms with Gasteiger partial charge >= 0.3 is 0 Å². The van der Waals surface area contributed by atoms with Crippen LogP contribution in [0.1, 0.15) is 29.7 Å². The summed E-state index contributed by atoms with van der Waals surface area (Å²) in [7, 11) is 1.62. The Morgan fingerprint density at radius 1 is 1.10 bits per heavy atom. The largest absolute Gasteiger partial charge is 0.497 e. The van der Waals surface area contributed by atoms with Crippen LogP contribution in [0.25, 0.3) is 0 Å². The molecule has 106 valence electrons. The molecule has 2 aromatic carbocycles. The Morgan fingerprint density at radius 3 is 2.40 bits per heavy atom. The number of hydrogen-bond donors (Lipinski definition) is 1. The number of aliphatic hydroxyl groups is 1. The van der Waals surface area contributed by atoms with Gasteiger partial charge in [0.15, 0.2) is 0 Å². The lowest BCUT2D eigenvalue weighted by Gasteiger charge is -2.17. The van der Waals surface area contributed by atoms with Crippen LogP contribution in [0.5, 0.6) is 11.5 Å². The lowest BCUT2D eigenvalue weighted by molar-refractivity contribution is 0.211. The smallest absolute Gasteiger partial charge is 0.125 e. The third-order valence-corrected chi connectivity index (χ3v) is 3.19. The SMILES string of the molecule is CCOc1ccc(C)cc1C(O)c1ccc(OC)cc1. The zero-order valence-corrected chi connectivity index (χ0v) is 12.1. The molecule has 0 saturated carbocycles. The van der Waals surface area contributed by atoms with Crippen LogP contribution >= 0.6 is 0 Å². The molecule has 0 radical (unpaired) electrons. The second-order valence-electron chi connectivity index (χ2n) is 4.65. The van der Waals surface area contributed by atoms with Crippen molar-refractivity contribution < 1.29 is 14.6 Å². The van der Waals surface area contributed by atoms with Crippen LogP contribution in [0.4, 0.5) is 0 Å². The van der Waals surface area contributed by atoms with Gasteiger partial charge in [0.05, 0.1) is 13.7 Å². The van der Waals surface area contributed by atoms with E-state index >= 15 is 0 Å². The van der Waals surface area contributed by atoms with Gasteiger partial charge in [0, 0.05) is 5.56 Å². The van der Waals surface area contributed by atoms with Crippen molar-refractivity contribution in [3.63, 3.8) is 0 Å². The molecule has 1 atom stereocenters. The summed E-state index contributed by atoms with van der Waals surface area (Å²) in [6, 6.07) is 13.3. The maximum absolute atomic E-state index is 10.6. The van der Waals surface area contributed by atoms with E-state index in [2.05, 4.69) is 0 Å². The Kier molecular flexibility index (Phi) is 4.64. The average molecular weight is 272 g/mol. The first kappa shape index (κ1) is 14.4. The average Bonchev–Trinajstić information content (AvgIpc) is 2.48. The Bertz CT molecular complexity index is 561. The number of aliphatic hydroxyl groups excluding tert-OH is 1. The number of rotatable bonds is 5. The summed E-state index contributed by atoms with van der Waals surface area (Å²) in [4.78, 5) is 0. The van der Waals surface area contributed by atoms with E-state index in [9.17, 15) is 5.11 Å². The van der Waals surface area contributed by atoms with Crippen LogP contribution in [0.15, 0.2) is 42.5 Å². The Labute approximate surface area is 119 Å². The van der Waals surface area contributed by atoms with Crippen molar-refractivity contribution in [3.05, 3.63) is 59.2 Å². The van der Waals surface area contributed by atoms with E-state index in [4.69, 9.17) is 9.47 Å². The molecule has 3 nitrogen and oxygen atoms in total. The van der Waals surface area contributed by atoms with Gasteiger partial charge in [0.2, 0.25) is 0 Å². The molecule has 0 aliphatic rings. The van der Waals surface area contributed by atoms with Crippen molar-refractivity contribution in [2.24, 2.45) is 0 Å². The number of hydrogen-bond acceptors (Lipinski definition) is 3. The van der Waals surface area contributed by atoms with Gasteiger partial charge in [0.25, 0.3) is 0 Å². The first-order chi connectivity index (χ1) is 9.65. The Morgan fingerprint density at radius 2 is 1.80 bits per heavy atom. The molecule has 0 fully saturated rings. The van der Waals surface area contributed by atoms with Crippen molar-refractivity contribution in [2.75, 3.05) is 13.7 Å². The fraction of sp³-hybridized carbons (Fsp3) is 0.294. The molecule has 0 aliphatic carbocycles. The molecule has 0 aliphatic heterocycles. The predicted octanol–water partition coefficient (Wildman–Crippen LogP) is 3.48. The normalized spacial score (nSPS) is 12.0. The lowest BCUT2D eigenvalue weighted by Crippen LogP contribution is -2.04. The van der Waals surface area contributed by atoms with Gasteiger partial charge in [-0.15, -0.1) is 0 Å². The Hall–Kier alpha value is -2.00. The number of ether oxygens (including phenoxy) is 2. The molecular formula is C17H20O3.